The Kier molecular flexibility index (Phi) is 10.2. The van der Waals surface area contributed by atoms with Crippen LogP contribution >= 0.6 is 0 Å². The Labute approximate surface area is 234 Å². The van der Waals surface area contributed by atoms with Crippen molar-refractivity contribution < 1.29 is 23.9 Å². The van der Waals surface area contributed by atoms with E-state index in [1.807, 2.05) is 73.3 Å². The highest BCUT2D eigenvalue weighted by Crippen LogP contribution is 2.19. The number of carbonyl (C=O) groups excluding carboxylic acids is 3. The van der Waals surface area contributed by atoms with E-state index in [0.717, 1.165) is 22.4 Å². The lowest BCUT2D eigenvalue weighted by atomic mass is 10.0. The van der Waals surface area contributed by atoms with E-state index in [0.29, 0.717) is 26.1 Å². The van der Waals surface area contributed by atoms with Gasteiger partial charge in [0.25, 0.3) is 0 Å². The van der Waals surface area contributed by atoms with Gasteiger partial charge in [-0.05, 0) is 53.3 Å². The summed E-state index contributed by atoms with van der Waals surface area (Å²) in [6.45, 7) is 5.64. The average Bonchev–Trinajstić information content (AvgIpc) is 3.29. The minimum absolute atomic E-state index is 0.0617. The van der Waals surface area contributed by atoms with E-state index in [9.17, 15) is 14.4 Å². The molecule has 1 aliphatic heterocycles. The zero-order valence-electron chi connectivity index (χ0n) is 22.9. The lowest BCUT2D eigenvalue weighted by Gasteiger charge is -2.22. The first kappa shape index (κ1) is 28.8. The van der Waals surface area contributed by atoms with Gasteiger partial charge in [0, 0.05) is 25.5 Å². The van der Waals surface area contributed by atoms with E-state index in [2.05, 4.69) is 15.6 Å². The molecule has 2 amide bonds. The van der Waals surface area contributed by atoms with E-state index in [1.165, 1.54) is 0 Å². The van der Waals surface area contributed by atoms with Gasteiger partial charge in [-0.25, -0.2) is 4.79 Å². The van der Waals surface area contributed by atoms with Gasteiger partial charge in [-0.1, -0.05) is 56.3 Å². The van der Waals surface area contributed by atoms with Crippen molar-refractivity contribution in [3.8, 4) is 5.75 Å². The van der Waals surface area contributed by atoms with Crippen LogP contribution in [0, 0.1) is 5.92 Å². The Morgan fingerprint density at radius 1 is 0.975 bits per heavy atom. The number of hydrogen-bond donors (Lipinski definition) is 2. The van der Waals surface area contributed by atoms with Crippen LogP contribution in [0.4, 0.5) is 4.79 Å². The zero-order chi connectivity index (χ0) is 28.3. The monoisotopic (exact) mass is 544 g/mol. The van der Waals surface area contributed by atoms with Crippen molar-refractivity contribution in [2.24, 2.45) is 5.92 Å². The Balaban J connectivity index is 1.28. The van der Waals surface area contributed by atoms with E-state index < -0.39 is 24.1 Å². The molecule has 1 aromatic heterocycles. The minimum Gasteiger partial charge on any atom is -0.489 e. The second-order valence-electron chi connectivity index (χ2n) is 10.4. The van der Waals surface area contributed by atoms with Crippen LogP contribution in [0.1, 0.15) is 37.0 Å². The van der Waals surface area contributed by atoms with Gasteiger partial charge in [0.15, 0.2) is 5.78 Å². The first-order chi connectivity index (χ1) is 19.4. The van der Waals surface area contributed by atoms with Crippen molar-refractivity contribution in [3.63, 3.8) is 0 Å². The second-order valence-corrected chi connectivity index (χ2v) is 10.4. The van der Waals surface area contributed by atoms with Crippen LogP contribution in [-0.4, -0.2) is 52.8 Å². The van der Waals surface area contributed by atoms with Crippen LogP contribution < -0.4 is 15.4 Å². The van der Waals surface area contributed by atoms with Crippen molar-refractivity contribution in [3.05, 3.63) is 95.8 Å². The van der Waals surface area contributed by atoms with Gasteiger partial charge in [-0.15, -0.1) is 0 Å². The van der Waals surface area contributed by atoms with Crippen LogP contribution in [0.2, 0.25) is 0 Å². The SMILES string of the molecule is CC(C)C[C@H](NC(=O)OCc1ccncc1)C(=O)NC1CN(Cc2cccc(OCc3ccccc3)c2)CC1=O. The number of likely N-dealkylation sites (tertiary alicyclic amines) is 1. The number of pyridine rings is 1. The van der Waals surface area contributed by atoms with Gasteiger partial charge in [-0.3, -0.25) is 19.5 Å². The van der Waals surface area contributed by atoms with Gasteiger partial charge in [0.05, 0.1) is 6.54 Å². The van der Waals surface area contributed by atoms with Crippen molar-refractivity contribution in [1.29, 1.82) is 0 Å². The van der Waals surface area contributed by atoms with E-state index in [1.54, 1.807) is 24.5 Å². The van der Waals surface area contributed by atoms with Crippen molar-refractivity contribution in [2.45, 2.75) is 52.1 Å². The maximum Gasteiger partial charge on any atom is 0.408 e. The molecule has 2 atom stereocenters. The molecule has 1 fully saturated rings. The highest BCUT2D eigenvalue weighted by Gasteiger charge is 2.34. The molecule has 2 aromatic carbocycles. The number of amides is 2. The van der Waals surface area contributed by atoms with E-state index in [-0.39, 0.29) is 24.9 Å². The Morgan fingerprint density at radius 3 is 2.45 bits per heavy atom. The number of hydrogen-bond acceptors (Lipinski definition) is 7. The third kappa shape index (κ3) is 8.91. The first-order valence-corrected chi connectivity index (χ1v) is 13.5. The van der Waals surface area contributed by atoms with Crippen molar-refractivity contribution in [1.82, 2.24) is 20.5 Å². The predicted molar refractivity (Wildman–Crippen MR) is 150 cm³/mol. The van der Waals surface area contributed by atoms with Gasteiger partial charge in [0.2, 0.25) is 5.91 Å². The Bertz CT molecular complexity index is 1270. The molecule has 0 bridgehead atoms. The second kappa shape index (κ2) is 14.2. The maximum absolute atomic E-state index is 13.1. The summed E-state index contributed by atoms with van der Waals surface area (Å²) >= 11 is 0. The lowest BCUT2D eigenvalue weighted by Crippen LogP contribution is -2.52. The fraction of sp³-hybridized carbons (Fsp3) is 0.355. The molecule has 1 unspecified atom stereocenters. The first-order valence-electron chi connectivity index (χ1n) is 13.5. The van der Waals surface area contributed by atoms with Gasteiger partial charge in [0.1, 0.15) is 31.0 Å². The predicted octanol–water partition coefficient (Wildman–Crippen LogP) is 3.87. The quantitative estimate of drug-likeness (QED) is 0.356. The summed E-state index contributed by atoms with van der Waals surface area (Å²) in [5.74, 6) is 0.443. The maximum atomic E-state index is 13.1. The fourth-order valence-electron chi connectivity index (χ4n) is 4.52. The van der Waals surface area contributed by atoms with Gasteiger partial charge >= 0.3 is 6.09 Å². The summed E-state index contributed by atoms with van der Waals surface area (Å²) < 4.78 is 11.2. The molecule has 3 aromatic rings. The number of aromatic nitrogens is 1. The molecule has 0 saturated carbocycles. The normalized spacial score (nSPS) is 16.0. The largest absolute Gasteiger partial charge is 0.489 e. The van der Waals surface area contributed by atoms with Crippen LogP contribution in [0.3, 0.4) is 0 Å². The summed E-state index contributed by atoms with van der Waals surface area (Å²) in [6, 6.07) is 19.8. The summed E-state index contributed by atoms with van der Waals surface area (Å²) in [4.78, 5) is 44.2. The summed E-state index contributed by atoms with van der Waals surface area (Å²) in [7, 11) is 0. The summed E-state index contributed by atoms with van der Waals surface area (Å²) in [5.41, 5.74) is 2.89. The third-order valence-corrected chi connectivity index (χ3v) is 6.51. The topological polar surface area (TPSA) is 110 Å². The van der Waals surface area contributed by atoms with E-state index in [4.69, 9.17) is 9.47 Å². The van der Waals surface area contributed by atoms with Crippen molar-refractivity contribution >= 4 is 17.8 Å². The molecule has 0 radical (unpaired) electrons. The van der Waals surface area contributed by atoms with Crippen LogP contribution in [0.15, 0.2) is 79.1 Å². The lowest BCUT2D eigenvalue weighted by molar-refractivity contribution is -0.127. The Morgan fingerprint density at radius 2 is 1.70 bits per heavy atom. The molecule has 1 aliphatic rings. The number of Topliss-reactive ketones (excluding diaryl/α,β-unsaturated/α-hetero) is 1. The molecule has 9 heteroatoms. The van der Waals surface area contributed by atoms with Crippen molar-refractivity contribution in [2.75, 3.05) is 13.1 Å². The summed E-state index contributed by atoms with van der Waals surface area (Å²) in [6.07, 6.45) is 2.95. The molecule has 1 saturated heterocycles. The number of alkyl carbamates (subject to hydrolysis) is 1. The zero-order valence-corrected chi connectivity index (χ0v) is 22.9. The Hall–Kier alpha value is -4.24. The molecular weight excluding hydrogens is 508 g/mol. The standard InChI is InChI=1S/C31H36N4O5/c1-22(2)15-27(34-31(38)40-21-24-11-13-32-14-12-24)30(37)33-28-18-35(19-29(28)36)17-25-9-6-10-26(16-25)39-20-23-7-4-3-5-8-23/h3-14,16,22,27-28H,15,17-21H2,1-2H3,(H,33,37)(H,34,38)/t27-,28?/m0/s1. The molecular formula is C31H36N4O5. The number of nitrogens with one attached hydrogen (secondary N) is 2. The number of rotatable bonds is 12. The molecule has 40 heavy (non-hydrogen) atoms. The smallest absolute Gasteiger partial charge is 0.408 e. The summed E-state index contributed by atoms with van der Waals surface area (Å²) in [5, 5.41) is 5.51. The highest BCUT2D eigenvalue weighted by atomic mass is 16.5. The fourth-order valence-corrected chi connectivity index (χ4v) is 4.52. The average molecular weight is 545 g/mol. The van der Waals surface area contributed by atoms with Crippen LogP contribution in [0.25, 0.3) is 0 Å². The van der Waals surface area contributed by atoms with Crippen LogP contribution in [0.5, 0.6) is 5.75 Å². The van der Waals surface area contributed by atoms with Crippen LogP contribution in [-0.2, 0) is 34.1 Å². The number of ketones is 1. The number of benzene rings is 2. The molecule has 2 N–H and O–H groups in total. The van der Waals surface area contributed by atoms with E-state index >= 15 is 0 Å². The number of carbonyl (C=O) groups is 3. The number of nitrogens with zero attached hydrogens (tertiary/aromatic N) is 2. The van der Waals surface area contributed by atoms with Gasteiger partial charge < -0.3 is 20.1 Å². The molecule has 210 valence electrons. The molecule has 4 rings (SSSR count). The molecule has 0 aliphatic carbocycles. The third-order valence-electron chi connectivity index (χ3n) is 6.51. The number of ether oxygens (including phenoxy) is 2. The minimum atomic E-state index is -0.815. The molecule has 2 heterocycles. The highest BCUT2D eigenvalue weighted by molar-refractivity contribution is 5.94. The molecule has 0 spiro atoms. The van der Waals surface area contributed by atoms with Gasteiger partial charge in [-0.2, -0.15) is 0 Å². The molecule has 9 nitrogen and oxygen atoms in total.